The molecule has 0 fully saturated rings. The van der Waals surface area contributed by atoms with E-state index < -0.39 is 0 Å². The summed E-state index contributed by atoms with van der Waals surface area (Å²) in [6.45, 7) is 3.88. The van der Waals surface area contributed by atoms with E-state index in [0.29, 0.717) is 17.9 Å². The Kier molecular flexibility index (Phi) is 5.20. The third kappa shape index (κ3) is 4.68. The molecule has 0 aliphatic carbocycles. The van der Waals surface area contributed by atoms with Crippen LogP contribution in [0.5, 0.6) is 5.75 Å². The second kappa shape index (κ2) is 6.68. The van der Waals surface area contributed by atoms with E-state index >= 15 is 0 Å². The lowest BCUT2D eigenvalue weighted by Crippen LogP contribution is -2.09. The van der Waals surface area contributed by atoms with Crippen LogP contribution >= 0.6 is 0 Å². The van der Waals surface area contributed by atoms with E-state index in [1.54, 1.807) is 31.2 Å². The number of rotatable bonds is 6. The number of hydrogen-bond donors (Lipinski definition) is 0. The predicted octanol–water partition coefficient (Wildman–Crippen LogP) is 2.22. The maximum Gasteiger partial charge on any atom is 0.309 e. The highest BCUT2D eigenvalue weighted by Gasteiger charge is 2.04. The van der Waals surface area contributed by atoms with Gasteiger partial charge in [-0.15, -0.1) is 0 Å². The monoisotopic (exact) mass is 236 g/mol. The van der Waals surface area contributed by atoms with Crippen LogP contribution in [0, 0.1) is 0 Å². The maximum absolute atomic E-state index is 11.1. The quantitative estimate of drug-likeness (QED) is 0.561. The van der Waals surface area contributed by atoms with Gasteiger partial charge in [0.05, 0.1) is 19.6 Å². The lowest BCUT2D eigenvalue weighted by atomic mass is 10.1. The smallest absolute Gasteiger partial charge is 0.309 e. The van der Waals surface area contributed by atoms with Gasteiger partial charge in [0.25, 0.3) is 0 Å². The zero-order valence-corrected chi connectivity index (χ0v) is 10.1. The first-order valence-electron chi connectivity index (χ1n) is 5.53. The van der Waals surface area contributed by atoms with Crippen LogP contribution in [-0.4, -0.2) is 25.0 Å². The number of carbonyl (C=O) groups excluding carboxylic acids is 2. The number of carbonyl (C=O) groups is 2. The molecule has 17 heavy (non-hydrogen) atoms. The van der Waals surface area contributed by atoms with E-state index in [0.717, 1.165) is 0 Å². The topological polar surface area (TPSA) is 52.6 Å². The third-order valence-corrected chi connectivity index (χ3v) is 2.12. The predicted molar refractivity (Wildman–Crippen MR) is 63.2 cm³/mol. The van der Waals surface area contributed by atoms with Gasteiger partial charge in [0.1, 0.15) is 5.75 Å². The molecule has 0 aliphatic heterocycles. The highest BCUT2D eigenvalue weighted by Crippen LogP contribution is 2.13. The van der Waals surface area contributed by atoms with Crippen molar-refractivity contribution in [1.29, 1.82) is 0 Å². The lowest BCUT2D eigenvalue weighted by Gasteiger charge is -2.06. The molecule has 4 nitrogen and oxygen atoms in total. The molecule has 0 aliphatic rings. The van der Waals surface area contributed by atoms with Crippen LogP contribution in [0.3, 0.4) is 0 Å². The van der Waals surface area contributed by atoms with Crippen molar-refractivity contribution in [1.82, 2.24) is 0 Å². The Labute approximate surface area is 101 Å². The second-order valence-electron chi connectivity index (χ2n) is 3.49. The molecular weight excluding hydrogens is 220 g/mol. The average Bonchev–Trinajstić information content (AvgIpc) is 2.30. The van der Waals surface area contributed by atoms with Gasteiger partial charge in [-0.05, 0) is 26.0 Å². The molecule has 1 aromatic rings. The highest BCUT2D eigenvalue weighted by atomic mass is 16.5. The zero-order chi connectivity index (χ0) is 12.7. The van der Waals surface area contributed by atoms with E-state index in [-0.39, 0.29) is 24.8 Å². The van der Waals surface area contributed by atoms with Crippen molar-refractivity contribution in [2.45, 2.75) is 20.3 Å². The van der Waals surface area contributed by atoms with Gasteiger partial charge in [0, 0.05) is 5.56 Å². The van der Waals surface area contributed by atoms with Crippen LogP contribution in [0.25, 0.3) is 0 Å². The SMILES string of the molecule is CCOC(=O)CCOc1cccc(C(C)=O)c1. The number of hydrogen-bond acceptors (Lipinski definition) is 4. The number of ketones is 1. The summed E-state index contributed by atoms with van der Waals surface area (Å²) in [5.41, 5.74) is 0.596. The minimum Gasteiger partial charge on any atom is -0.493 e. The van der Waals surface area contributed by atoms with Gasteiger partial charge in [0.2, 0.25) is 0 Å². The van der Waals surface area contributed by atoms with Gasteiger partial charge in [-0.2, -0.15) is 0 Å². The van der Waals surface area contributed by atoms with Crippen LogP contribution in [0.2, 0.25) is 0 Å². The summed E-state index contributed by atoms with van der Waals surface area (Å²) in [5, 5.41) is 0. The summed E-state index contributed by atoms with van der Waals surface area (Å²) in [4.78, 5) is 22.2. The third-order valence-electron chi connectivity index (χ3n) is 2.12. The van der Waals surface area contributed by atoms with Gasteiger partial charge >= 0.3 is 5.97 Å². The average molecular weight is 236 g/mol. The summed E-state index contributed by atoms with van der Waals surface area (Å²) in [6, 6.07) is 6.88. The fraction of sp³-hybridized carbons (Fsp3) is 0.385. The molecule has 0 N–H and O–H groups in total. The van der Waals surface area contributed by atoms with Gasteiger partial charge in [-0.25, -0.2) is 0 Å². The molecule has 0 spiro atoms. The molecule has 0 atom stereocenters. The summed E-state index contributed by atoms with van der Waals surface area (Å²) >= 11 is 0. The largest absolute Gasteiger partial charge is 0.493 e. The molecule has 0 radical (unpaired) electrons. The lowest BCUT2D eigenvalue weighted by molar-refractivity contribution is -0.143. The molecule has 0 saturated heterocycles. The normalized spacial score (nSPS) is 9.76. The molecule has 4 heteroatoms. The van der Waals surface area contributed by atoms with Gasteiger partial charge in [0.15, 0.2) is 5.78 Å². The fourth-order valence-corrected chi connectivity index (χ4v) is 1.29. The summed E-state index contributed by atoms with van der Waals surface area (Å²) < 4.78 is 10.1. The molecule has 0 saturated carbocycles. The second-order valence-corrected chi connectivity index (χ2v) is 3.49. The van der Waals surface area contributed by atoms with Crippen LogP contribution in [0.1, 0.15) is 30.6 Å². The Bertz CT molecular complexity index is 398. The zero-order valence-electron chi connectivity index (χ0n) is 10.1. The van der Waals surface area contributed by atoms with Crippen molar-refractivity contribution in [3.05, 3.63) is 29.8 Å². The molecule has 0 unspecified atom stereocenters. The van der Waals surface area contributed by atoms with E-state index in [2.05, 4.69) is 0 Å². The number of esters is 1. The van der Waals surface area contributed by atoms with E-state index in [1.165, 1.54) is 6.92 Å². The Morgan fingerprint density at radius 2 is 2.06 bits per heavy atom. The number of ether oxygens (including phenoxy) is 2. The molecule has 0 bridgehead atoms. The molecule has 1 rings (SSSR count). The highest BCUT2D eigenvalue weighted by molar-refractivity contribution is 5.94. The van der Waals surface area contributed by atoms with Crippen LogP contribution in [0.15, 0.2) is 24.3 Å². The summed E-state index contributed by atoms with van der Waals surface area (Å²) in [7, 11) is 0. The Morgan fingerprint density at radius 3 is 2.71 bits per heavy atom. The maximum atomic E-state index is 11.1. The Balaban J connectivity index is 2.44. The number of Topliss-reactive ketones (excluding diaryl/α,β-unsaturated/α-hetero) is 1. The van der Waals surface area contributed by atoms with E-state index in [9.17, 15) is 9.59 Å². The molecule has 0 amide bonds. The standard InChI is InChI=1S/C13H16O4/c1-3-16-13(15)7-8-17-12-6-4-5-11(9-12)10(2)14/h4-6,9H,3,7-8H2,1-2H3. The number of benzene rings is 1. The summed E-state index contributed by atoms with van der Waals surface area (Å²) in [5.74, 6) is 0.290. The van der Waals surface area contributed by atoms with Crippen LogP contribution in [0.4, 0.5) is 0 Å². The van der Waals surface area contributed by atoms with Crippen molar-refractivity contribution in [2.75, 3.05) is 13.2 Å². The Morgan fingerprint density at radius 1 is 1.29 bits per heavy atom. The molecule has 1 aromatic carbocycles. The van der Waals surface area contributed by atoms with E-state index in [1.807, 2.05) is 0 Å². The van der Waals surface area contributed by atoms with Crippen molar-refractivity contribution >= 4 is 11.8 Å². The molecule has 0 heterocycles. The van der Waals surface area contributed by atoms with Crippen molar-refractivity contribution in [3.8, 4) is 5.75 Å². The summed E-state index contributed by atoms with van der Waals surface area (Å²) in [6.07, 6.45) is 0.206. The fourth-order valence-electron chi connectivity index (χ4n) is 1.29. The van der Waals surface area contributed by atoms with Crippen molar-refractivity contribution in [2.24, 2.45) is 0 Å². The van der Waals surface area contributed by atoms with Crippen LogP contribution < -0.4 is 4.74 Å². The first-order chi connectivity index (χ1) is 8.13. The van der Waals surface area contributed by atoms with Gasteiger partial charge < -0.3 is 9.47 Å². The van der Waals surface area contributed by atoms with Crippen molar-refractivity contribution in [3.63, 3.8) is 0 Å². The van der Waals surface area contributed by atoms with Crippen molar-refractivity contribution < 1.29 is 19.1 Å². The van der Waals surface area contributed by atoms with E-state index in [4.69, 9.17) is 9.47 Å². The minimum absolute atomic E-state index is 0.0131. The minimum atomic E-state index is -0.282. The van der Waals surface area contributed by atoms with Gasteiger partial charge in [-0.1, -0.05) is 12.1 Å². The van der Waals surface area contributed by atoms with Gasteiger partial charge in [-0.3, -0.25) is 9.59 Å². The first kappa shape index (κ1) is 13.2. The molecule has 92 valence electrons. The van der Waals surface area contributed by atoms with Crippen LogP contribution in [-0.2, 0) is 9.53 Å². The molecular formula is C13H16O4. The molecule has 0 aromatic heterocycles. The Hall–Kier alpha value is -1.84. The first-order valence-corrected chi connectivity index (χ1v) is 5.53.